The van der Waals surface area contributed by atoms with Crippen molar-refractivity contribution in [2.24, 2.45) is 0 Å². The highest BCUT2D eigenvalue weighted by atomic mass is 16.5. The number of pyridine rings is 1. The standard InChI is InChI=1S/C36H34N4O3/c1-25-22-26(15-17-30(25)31-12-5-7-14-34(31)43-3)35(41)40-24-29-16-18-33(39(29)23-27-10-4-6-13-32(27)40)36(42)38(2)21-19-28-11-8-9-20-37-28/h4-18,20,22H,19,21,23-24H2,1-3H3. The molecule has 0 bridgehead atoms. The molecule has 216 valence electrons. The lowest BCUT2D eigenvalue weighted by atomic mass is 9.97. The summed E-state index contributed by atoms with van der Waals surface area (Å²) in [6, 6.07) is 31.3. The molecular weight excluding hydrogens is 536 g/mol. The van der Waals surface area contributed by atoms with Crippen LogP contribution in [0, 0.1) is 6.92 Å². The van der Waals surface area contributed by atoms with E-state index in [2.05, 4.69) is 4.98 Å². The van der Waals surface area contributed by atoms with E-state index in [0.29, 0.717) is 37.3 Å². The van der Waals surface area contributed by atoms with Gasteiger partial charge >= 0.3 is 0 Å². The molecule has 0 saturated carbocycles. The number of carbonyl (C=O) groups excluding carboxylic acids is 2. The molecule has 7 nitrogen and oxygen atoms in total. The van der Waals surface area contributed by atoms with Gasteiger partial charge in [-0.05, 0) is 72.1 Å². The molecule has 1 aliphatic heterocycles. The number of hydrogen-bond donors (Lipinski definition) is 0. The van der Waals surface area contributed by atoms with Crippen molar-refractivity contribution in [3.63, 3.8) is 0 Å². The van der Waals surface area contributed by atoms with E-state index in [9.17, 15) is 9.59 Å². The van der Waals surface area contributed by atoms with Gasteiger partial charge in [0.2, 0.25) is 0 Å². The van der Waals surface area contributed by atoms with Gasteiger partial charge < -0.3 is 19.1 Å². The van der Waals surface area contributed by atoms with Gasteiger partial charge in [0, 0.05) is 54.4 Å². The molecule has 7 heteroatoms. The molecule has 0 N–H and O–H groups in total. The normalized spacial score (nSPS) is 12.2. The number of fused-ring (bicyclic) bond motifs is 2. The maximum atomic E-state index is 14.1. The zero-order chi connectivity index (χ0) is 29.9. The number of likely N-dealkylation sites (N-methyl/N-ethyl adjacent to an activating group) is 1. The first-order valence-corrected chi connectivity index (χ1v) is 14.4. The molecule has 0 atom stereocenters. The molecule has 5 aromatic rings. The molecule has 0 radical (unpaired) electrons. The first-order chi connectivity index (χ1) is 20.9. The fraction of sp³-hybridized carbons (Fsp3) is 0.194. The van der Waals surface area contributed by atoms with Crippen LogP contribution in [0.3, 0.4) is 0 Å². The number of para-hydroxylation sites is 2. The second-order valence-electron chi connectivity index (χ2n) is 10.8. The highest BCUT2D eigenvalue weighted by molar-refractivity contribution is 6.07. The average molecular weight is 571 g/mol. The quantitative estimate of drug-likeness (QED) is 0.227. The summed E-state index contributed by atoms with van der Waals surface area (Å²) < 4.78 is 7.62. The molecule has 0 fully saturated rings. The van der Waals surface area contributed by atoms with E-state index in [0.717, 1.165) is 45.1 Å². The van der Waals surface area contributed by atoms with E-state index in [4.69, 9.17) is 4.74 Å². The number of carbonyl (C=O) groups is 2. The van der Waals surface area contributed by atoms with E-state index in [1.807, 2.05) is 121 Å². The Bertz CT molecular complexity index is 1790. The van der Waals surface area contributed by atoms with E-state index >= 15 is 0 Å². The SMILES string of the molecule is COc1ccccc1-c1ccc(C(=O)N2Cc3ccc(C(=O)N(C)CCc4ccccn4)n3Cc3ccccc32)cc1C. The summed E-state index contributed by atoms with van der Waals surface area (Å²) in [5.41, 5.74) is 7.91. The smallest absolute Gasteiger partial charge is 0.270 e. The Morgan fingerprint density at radius 1 is 0.884 bits per heavy atom. The summed E-state index contributed by atoms with van der Waals surface area (Å²) in [6.45, 7) is 3.43. The molecule has 6 rings (SSSR count). The number of amides is 2. The third-order valence-electron chi connectivity index (χ3n) is 8.11. The Morgan fingerprint density at radius 3 is 2.47 bits per heavy atom. The number of ether oxygens (including phenoxy) is 1. The molecule has 1 aliphatic rings. The number of methoxy groups -OCH3 is 1. The highest BCUT2D eigenvalue weighted by Crippen LogP contribution is 2.34. The van der Waals surface area contributed by atoms with Crippen molar-refractivity contribution in [2.75, 3.05) is 25.6 Å². The van der Waals surface area contributed by atoms with Crippen molar-refractivity contribution < 1.29 is 14.3 Å². The molecule has 0 saturated heterocycles. The van der Waals surface area contributed by atoms with Gasteiger partial charge in [0.25, 0.3) is 11.8 Å². The number of hydrogen-bond acceptors (Lipinski definition) is 4. The van der Waals surface area contributed by atoms with Crippen LogP contribution in [-0.4, -0.2) is 47.0 Å². The van der Waals surface area contributed by atoms with Gasteiger partial charge in [-0.2, -0.15) is 0 Å². The van der Waals surface area contributed by atoms with Gasteiger partial charge in [-0.15, -0.1) is 0 Å². The number of nitrogens with zero attached hydrogens (tertiary/aromatic N) is 4. The Morgan fingerprint density at radius 2 is 1.67 bits per heavy atom. The lowest BCUT2D eigenvalue weighted by Crippen LogP contribution is -2.31. The minimum absolute atomic E-state index is 0.0537. The molecular formula is C36H34N4O3. The number of aryl methyl sites for hydroxylation is 1. The van der Waals surface area contributed by atoms with Gasteiger partial charge in [0.05, 0.1) is 20.2 Å². The minimum atomic E-state index is -0.0860. The summed E-state index contributed by atoms with van der Waals surface area (Å²) in [5.74, 6) is 0.652. The van der Waals surface area contributed by atoms with Crippen LogP contribution in [0.15, 0.2) is 103 Å². The molecule has 43 heavy (non-hydrogen) atoms. The fourth-order valence-corrected chi connectivity index (χ4v) is 5.78. The van der Waals surface area contributed by atoms with Crippen molar-refractivity contribution in [3.05, 3.63) is 137 Å². The topological polar surface area (TPSA) is 67.7 Å². The summed E-state index contributed by atoms with van der Waals surface area (Å²) in [7, 11) is 3.49. The number of benzene rings is 3. The predicted octanol–water partition coefficient (Wildman–Crippen LogP) is 6.39. The number of aromatic nitrogens is 2. The van der Waals surface area contributed by atoms with Gasteiger partial charge in [-0.25, -0.2) is 0 Å². The van der Waals surface area contributed by atoms with Crippen molar-refractivity contribution in [1.29, 1.82) is 0 Å². The van der Waals surface area contributed by atoms with Gasteiger partial charge in [0.15, 0.2) is 0 Å². The Labute approximate surface area is 252 Å². The summed E-state index contributed by atoms with van der Waals surface area (Å²) in [6.07, 6.45) is 2.45. The summed E-state index contributed by atoms with van der Waals surface area (Å²) >= 11 is 0. The van der Waals surface area contributed by atoms with E-state index in [1.165, 1.54) is 0 Å². The largest absolute Gasteiger partial charge is 0.496 e. The fourth-order valence-electron chi connectivity index (χ4n) is 5.78. The van der Waals surface area contributed by atoms with Crippen molar-refractivity contribution in [2.45, 2.75) is 26.4 Å². The molecule has 3 heterocycles. The molecule has 0 unspecified atom stereocenters. The van der Waals surface area contributed by atoms with Crippen LogP contribution in [0.25, 0.3) is 11.1 Å². The number of rotatable bonds is 7. The Hall–Kier alpha value is -5.17. The second-order valence-corrected chi connectivity index (χ2v) is 10.8. The van der Waals surface area contributed by atoms with E-state index in [1.54, 1.807) is 18.2 Å². The van der Waals surface area contributed by atoms with Crippen molar-refractivity contribution in [1.82, 2.24) is 14.5 Å². The van der Waals surface area contributed by atoms with Crippen LogP contribution >= 0.6 is 0 Å². The highest BCUT2D eigenvalue weighted by Gasteiger charge is 2.28. The van der Waals surface area contributed by atoms with Crippen molar-refractivity contribution in [3.8, 4) is 16.9 Å². The predicted molar refractivity (Wildman–Crippen MR) is 169 cm³/mol. The zero-order valence-electron chi connectivity index (χ0n) is 24.7. The van der Waals surface area contributed by atoms with Crippen LogP contribution in [0.2, 0.25) is 0 Å². The molecule has 0 spiro atoms. The Balaban J connectivity index is 1.28. The first kappa shape index (κ1) is 28.0. The van der Waals surface area contributed by atoms with Gasteiger partial charge in [-0.3, -0.25) is 14.6 Å². The van der Waals surface area contributed by atoms with Gasteiger partial charge in [-0.1, -0.05) is 48.5 Å². The third-order valence-corrected chi connectivity index (χ3v) is 8.11. The van der Waals surface area contributed by atoms with Crippen molar-refractivity contribution >= 4 is 17.5 Å². The monoisotopic (exact) mass is 570 g/mol. The van der Waals surface area contributed by atoms with Crippen LogP contribution in [-0.2, 0) is 19.5 Å². The van der Waals surface area contributed by atoms with Crippen LogP contribution < -0.4 is 9.64 Å². The van der Waals surface area contributed by atoms with Crippen LogP contribution in [0.4, 0.5) is 5.69 Å². The maximum Gasteiger partial charge on any atom is 0.270 e. The minimum Gasteiger partial charge on any atom is -0.496 e. The summed E-state index contributed by atoms with van der Waals surface area (Å²) in [5, 5.41) is 0. The van der Waals surface area contributed by atoms with E-state index in [-0.39, 0.29) is 11.8 Å². The molecule has 0 aliphatic carbocycles. The number of anilines is 1. The summed E-state index contributed by atoms with van der Waals surface area (Å²) in [4.78, 5) is 35.7. The third kappa shape index (κ3) is 5.54. The Kier molecular flexibility index (Phi) is 7.79. The molecule has 2 amide bonds. The maximum absolute atomic E-state index is 14.1. The van der Waals surface area contributed by atoms with Crippen LogP contribution in [0.1, 0.15) is 43.4 Å². The molecule has 3 aromatic carbocycles. The van der Waals surface area contributed by atoms with E-state index < -0.39 is 0 Å². The zero-order valence-corrected chi connectivity index (χ0v) is 24.7. The second kappa shape index (κ2) is 12.0. The van der Waals surface area contributed by atoms with Gasteiger partial charge in [0.1, 0.15) is 11.4 Å². The van der Waals surface area contributed by atoms with Crippen LogP contribution in [0.5, 0.6) is 5.75 Å². The average Bonchev–Trinajstić information content (AvgIpc) is 3.36. The molecule has 2 aromatic heterocycles. The lowest BCUT2D eigenvalue weighted by Gasteiger charge is -2.23. The first-order valence-electron chi connectivity index (χ1n) is 14.4. The lowest BCUT2D eigenvalue weighted by molar-refractivity contribution is 0.0785.